The number of Topliss-reactive ketones (excluding diaryl/α,β-unsaturated/α-hetero) is 2. The number of benzene rings is 2. The minimum absolute atomic E-state index is 0.331. The molecule has 0 spiro atoms. The van der Waals surface area contributed by atoms with Gasteiger partial charge in [-0.25, -0.2) is 4.57 Å². The molecule has 4 rings (SSSR count). The van der Waals surface area contributed by atoms with Gasteiger partial charge in [0, 0.05) is 18.5 Å². The monoisotopic (exact) mass is 418 g/mol. The van der Waals surface area contributed by atoms with Crippen LogP contribution in [0.2, 0.25) is 0 Å². The van der Waals surface area contributed by atoms with Gasteiger partial charge in [-0.15, -0.1) is 0 Å². The SMILES string of the molecule is COc1ccc(C2C(C(=O)c3ccccc3)C(=O)C(=O)N2CCC[n+]2cc[nH]c2)cc1. The summed E-state index contributed by atoms with van der Waals surface area (Å²) in [6.45, 7) is 1.06. The van der Waals surface area contributed by atoms with Crippen LogP contribution in [0.1, 0.15) is 28.4 Å². The molecule has 0 bridgehead atoms. The number of aromatic amines is 1. The highest BCUT2D eigenvalue weighted by Crippen LogP contribution is 2.38. The van der Waals surface area contributed by atoms with Crippen molar-refractivity contribution >= 4 is 17.5 Å². The number of hydrogen-bond acceptors (Lipinski definition) is 4. The summed E-state index contributed by atoms with van der Waals surface area (Å²) in [5.41, 5.74) is 1.17. The van der Waals surface area contributed by atoms with Crippen LogP contribution in [-0.2, 0) is 16.1 Å². The third kappa shape index (κ3) is 4.12. The zero-order valence-corrected chi connectivity index (χ0v) is 17.2. The lowest BCUT2D eigenvalue weighted by Gasteiger charge is -2.27. The maximum atomic E-state index is 13.3. The molecule has 1 saturated heterocycles. The van der Waals surface area contributed by atoms with E-state index in [0.29, 0.717) is 30.8 Å². The number of methoxy groups -OCH3 is 1. The van der Waals surface area contributed by atoms with Crippen molar-refractivity contribution in [3.8, 4) is 5.75 Å². The number of aryl methyl sites for hydroxylation is 1. The molecule has 31 heavy (non-hydrogen) atoms. The molecule has 1 N–H and O–H groups in total. The number of likely N-dealkylation sites (tertiary alicyclic amines) is 1. The number of ketones is 2. The molecular weight excluding hydrogens is 394 g/mol. The van der Waals surface area contributed by atoms with Gasteiger partial charge in [-0.1, -0.05) is 42.5 Å². The molecule has 1 fully saturated rings. The zero-order chi connectivity index (χ0) is 21.8. The van der Waals surface area contributed by atoms with Gasteiger partial charge in [-0.05, 0) is 17.7 Å². The molecule has 2 heterocycles. The van der Waals surface area contributed by atoms with Gasteiger partial charge < -0.3 is 9.64 Å². The van der Waals surface area contributed by atoms with E-state index in [2.05, 4.69) is 4.98 Å². The molecule has 158 valence electrons. The van der Waals surface area contributed by atoms with E-state index in [0.717, 1.165) is 5.56 Å². The number of amides is 1. The predicted molar refractivity (Wildman–Crippen MR) is 112 cm³/mol. The van der Waals surface area contributed by atoms with Crippen LogP contribution in [0, 0.1) is 5.92 Å². The highest BCUT2D eigenvalue weighted by Gasteiger charge is 2.51. The van der Waals surface area contributed by atoms with E-state index >= 15 is 0 Å². The quantitative estimate of drug-likeness (QED) is 0.263. The Morgan fingerprint density at radius 2 is 1.84 bits per heavy atom. The summed E-state index contributed by atoms with van der Waals surface area (Å²) in [6.07, 6.45) is 6.21. The van der Waals surface area contributed by atoms with E-state index in [1.807, 2.05) is 41.5 Å². The highest BCUT2D eigenvalue weighted by atomic mass is 16.5. The van der Waals surface area contributed by atoms with Gasteiger partial charge >= 0.3 is 0 Å². The number of nitrogens with one attached hydrogen (secondary N) is 1. The smallest absolute Gasteiger partial charge is 0.291 e. The predicted octanol–water partition coefficient (Wildman–Crippen LogP) is 2.35. The Balaban J connectivity index is 1.65. The summed E-state index contributed by atoms with van der Waals surface area (Å²) >= 11 is 0. The van der Waals surface area contributed by atoms with Crippen molar-refractivity contribution in [2.75, 3.05) is 13.7 Å². The average Bonchev–Trinajstić information content (AvgIpc) is 3.41. The Kier molecular flexibility index (Phi) is 5.93. The van der Waals surface area contributed by atoms with Gasteiger partial charge in [-0.2, -0.15) is 0 Å². The molecule has 1 aliphatic heterocycles. The zero-order valence-electron chi connectivity index (χ0n) is 17.2. The maximum Gasteiger partial charge on any atom is 0.291 e. The number of ether oxygens (including phenoxy) is 1. The summed E-state index contributed by atoms with van der Waals surface area (Å²) in [6, 6.07) is 15.2. The van der Waals surface area contributed by atoms with Crippen molar-refractivity contribution in [3.05, 3.63) is 84.4 Å². The summed E-state index contributed by atoms with van der Waals surface area (Å²) in [5.74, 6) is -1.98. The first kappa shape index (κ1) is 20.5. The molecule has 7 heteroatoms. The molecule has 0 saturated carbocycles. The topological polar surface area (TPSA) is 83.3 Å². The summed E-state index contributed by atoms with van der Waals surface area (Å²) in [7, 11) is 1.57. The molecule has 1 aromatic heterocycles. The lowest BCUT2D eigenvalue weighted by atomic mass is 9.86. The van der Waals surface area contributed by atoms with Crippen molar-refractivity contribution in [1.82, 2.24) is 9.88 Å². The molecule has 3 aromatic rings. The molecule has 0 radical (unpaired) electrons. The average molecular weight is 418 g/mol. The fourth-order valence-electron chi connectivity index (χ4n) is 4.07. The van der Waals surface area contributed by atoms with Crippen molar-refractivity contribution < 1.29 is 23.7 Å². The Bertz CT molecular complexity index is 1060. The fraction of sp³-hybridized carbons (Fsp3) is 0.250. The summed E-state index contributed by atoms with van der Waals surface area (Å²) in [4.78, 5) is 43.7. The standard InChI is InChI=1S/C24H23N3O4/c1-31-19-10-8-17(9-11-19)21-20(22(28)18-6-3-2-4-7-18)23(29)24(30)27(21)14-5-13-26-15-12-25-16-26/h2-4,6-12,15-16,20-21H,5,13-14H2,1H3/p+1. The number of aromatic nitrogens is 2. The molecule has 1 aliphatic rings. The second-order valence-corrected chi connectivity index (χ2v) is 7.49. The first-order valence-corrected chi connectivity index (χ1v) is 10.2. The van der Waals surface area contributed by atoms with Gasteiger partial charge in [0.2, 0.25) is 12.1 Å². The van der Waals surface area contributed by atoms with Gasteiger partial charge in [0.1, 0.15) is 24.1 Å². The third-order valence-electron chi connectivity index (χ3n) is 5.62. The number of H-pyrrole nitrogens is 1. The lowest BCUT2D eigenvalue weighted by molar-refractivity contribution is -0.695. The van der Waals surface area contributed by atoms with Crippen LogP contribution in [0.3, 0.4) is 0 Å². The molecular formula is C24H24N3O4+. The summed E-state index contributed by atoms with van der Waals surface area (Å²) < 4.78 is 7.20. The van der Waals surface area contributed by atoms with Crippen LogP contribution in [0.15, 0.2) is 73.3 Å². The maximum absolute atomic E-state index is 13.3. The van der Waals surface area contributed by atoms with Crippen molar-refractivity contribution in [3.63, 3.8) is 0 Å². The van der Waals surface area contributed by atoms with Gasteiger partial charge in [0.25, 0.3) is 5.91 Å². The Morgan fingerprint density at radius 1 is 1.10 bits per heavy atom. The first-order valence-electron chi connectivity index (χ1n) is 10.2. The van der Waals surface area contributed by atoms with Gasteiger partial charge in [0.15, 0.2) is 5.78 Å². The Morgan fingerprint density at radius 3 is 2.48 bits per heavy atom. The van der Waals surface area contributed by atoms with Crippen LogP contribution in [-0.4, -0.2) is 41.0 Å². The second-order valence-electron chi connectivity index (χ2n) is 7.49. The molecule has 0 aliphatic carbocycles. The lowest BCUT2D eigenvalue weighted by Crippen LogP contribution is -2.36. The van der Waals surface area contributed by atoms with Crippen LogP contribution in [0.5, 0.6) is 5.75 Å². The number of hydrogen-bond donors (Lipinski definition) is 1. The van der Waals surface area contributed by atoms with Crippen LogP contribution in [0.4, 0.5) is 0 Å². The van der Waals surface area contributed by atoms with Gasteiger partial charge in [0.05, 0.1) is 19.7 Å². The number of nitrogens with zero attached hydrogens (tertiary/aromatic N) is 2. The number of imidazole rings is 1. The largest absolute Gasteiger partial charge is 0.497 e. The fourth-order valence-corrected chi connectivity index (χ4v) is 4.07. The number of rotatable bonds is 8. The first-order chi connectivity index (χ1) is 15.1. The Labute approximate surface area is 180 Å². The minimum Gasteiger partial charge on any atom is -0.497 e. The summed E-state index contributed by atoms with van der Waals surface area (Å²) in [5, 5.41) is 0. The number of carbonyl (C=O) groups excluding carboxylic acids is 3. The van der Waals surface area contributed by atoms with E-state index in [1.165, 1.54) is 0 Å². The molecule has 1 amide bonds. The molecule has 2 aromatic carbocycles. The van der Waals surface area contributed by atoms with Crippen molar-refractivity contribution in [2.45, 2.75) is 19.0 Å². The minimum atomic E-state index is -1.07. The molecule has 7 nitrogen and oxygen atoms in total. The molecule has 2 atom stereocenters. The van der Waals surface area contributed by atoms with Crippen LogP contribution < -0.4 is 9.30 Å². The second kappa shape index (κ2) is 8.95. The normalized spacial score (nSPS) is 18.4. The third-order valence-corrected chi connectivity index (χ3v) is 5.62. The van der Waals surface area contributed by atoms with Crippen LogP contribution in [0.25, 0.3) is 0 Å². The molecule has 2 unspecified atom stereocenters. The van der Waals surface area contributed by atoms with E-state index in [-0.39, 0.29) is 5.78 Å². The van der Waals surface area contributed by atoms with E-state index in [9.17, 15) is 14.4 Å². The van der Waals surface area contributed by atoms with E-state index in [4.69, 9.17) is 4.74 Å². The van der Waals surface area contributed by atoms with Crippen molar-refractivity contribution in [1.29, 1.82) is 0 Å². The highest BCUT2D eigenvalue weighted by molar-refractivity contribution is 6.44. The van der Waals surface area contributed by atoms with E-state index < -0.39 is 23.7 Å². The van der Waals surface area contributed by atoms with Crippen molar-refractivity contribution in [2.24, 2.45) is 5.92 Å². The van der Waals surface area contributed by atoms with Gasteiger partial charge in [-0.3, -0.25) is 19.4 Å². The Hall–Kier alpha value is -3.74. The van der Waals surface area contributed by atoms with E-state index in [1.54, 1.807) is 48.4 Å². The number of carbonyl (C=O) groups is 3. The van der Waals surface area contributed by atoms with Crippen LogP contribution >= 0.6 is 0 Å².